The van der Waals surface area contributed by atoms with E-state index in [0.717, 1.165) is 27.4 Å². The molecule has 0 radical (unpaired) electrons. The Balaban J connectivity index is 1.91. The number of hydrogen-bond donors (Lipinski definition) is 0. The molecule has 25 heavy (non-hydrogen) atoms. The molecule has 0 saturated carbocycles. The van der Waals surface area contributed by atoms with Crippen molar-refractivity contribution in [3.8, 4) is 0 Å². The zero-order chi connectivity index (χ0) is 17.9. The van der Waals surface area contributed by atoms with Crippen molar-refractivity contribution in [1.82, 2.24) is 0 Å². The van der Waals surface area contributed by atoms with Gasteiger partial charge in [-0.15, -0.1) is 0 Å². The van der Waals surface area contributed by atoms with Crippen LogP contribution in [-0.2, 0) is 19.0 Å². The molecule has 1 aliphatic heterocycles. The molecule has 0 unspecified atom stereocenters. The number of hydrogen-bond acceptors (Lipinski definition) is 4. The normalized spacial score (nSPS) is 22.9. The Labute approximate surface area is 156 Å². The first kappa shape index (κ1) is 18.3. The fraction of sp³-hybridized carbons (Fsp3) is 0.263. The molecule has 0 bridgehead atoms. The van der Waals surface area contributed by atoms with E-state index in [0.29, 0.717) is 6.42 Å². The van der Waals surface area contributed by atoms with Gasteiger partial charge < -0.3 is 4.74 Å². The molecule has 6 heteroatoms. The summed E-state index contributed by atoms with van der Waals surface area (Å²) in [7, 11) is -3.52. The van der Waals surface area contributed by atoms with Crippen molar-refractivity contribution in [3.63, 3.8) is 0 Å². The van der Waals surface area contributed by atoms with E-state index in [-0.39, 0.29) is 12.7 Å². The van der Waals surface area contributed by atoms with Gasteiger partial charge in [0.2, 0.25) is 0 Å². The fourth-order valence-corrected chi connectivity index (χ4v) is 3.78. The van der Waals surface area contributed by atoms with Gasteiger partial charge in [-0.1, -0.05) is 64.5 Å². The Morgan fingerprint density at radius 2 is 1.80 bits per heavy atom. The van der Waals surface area contributed by atoms with Gasteiger partial charge in [0.05, 0.1) is 12.9 Å². The molecular formula is C19H19BrO4S. The maximum absolute atomic E-state index is 11.5. The van der Waals surface area contributed by atoms with E-state index < -0.39 is 16.2 Å². The Morgan fingerprint density at radius 1 is 1.12 bits per heavy atom. The van der Waals surface area contributed by atoms with Crippen molar-refractivity contribution in [2.45, 2.75) is 18.6 Å². The predicted molar refractivity (Wildman–Crippen MR) is 102 cm³/mol. The summed E-state index contributed by atoms with van der Waals surface area (Å²) in [5.41, 5.74) is 3.07. The highest BCUT2D eigenvalue weighted by atomic mass is 79.9. The number of halogens is 1. The molecule has 1 heterocycles. The first-order valence-corrected chi connectivity index (χ1v) is 10.5. The van der Waals surface area contributed by atoms with Gasteiger partial charge in [0.1, 0.15) is 12.2 Å². The average molecular weight is 423 g/mol. The second-order valence-electron chi connectivity index (χ2n) is 6.02. The Morgan fingerprint density at radius 3 is 2.44 bits per heavy atom. The topological polar surface area (TPSA) is 52.6 Å². The maximum Gasteiger partial charge on any atom is 0.264 e. The lowest BCUT2D eigenvalue weighted by molar-refractivity contribution is -0.0116. The van der Waals surface area contributed by atoms with Gasteiger partial charge in [-0.2, -0.15) is 8.42 Å². The molecule has 0 spiro atoms. The minimum Gasteiger partial charge on any atom is -0.366 e. The van der Waals surface area contributed by atoms with Crippen LogP contribution in [0.4, 0.5) is 0 Å². The zero-order valence-corrected chi connectivity index (χ0v) is 16.2. The SMILES string of the molecule is CS(=O)(=O)O[C@@H]1CO[C@H](c2ccccc2)/C(=C/c2ccc(Br)cc2)C1. The summed E-state index contributed by atoms with van der Waals surface area (Å²) >= 11 is 3.43. The van der Waals surface area contributed by atoms with Crippen LogP contribution < -0.4 is 0 Å². The van der Waals surface area contributed by atoms with Gasteiger partial charge in [0, 0.05) is 10.9 Å². The van der Waals surface area contributed by atoms with E-state index >= 15 is 0 Å². The van der Waals surface area contributed by atoms with Crippen LogP contribution in [-0.4, -0.2) is 27.4 Å². The van der Waals surface area contributed by atoms with E-state index in [9.17, 15) is 8.42 Å². The van der Waals surface area contributed by atoms with Crippen molar-refractivity contribution in [2.75, 3.05) is 12.9 Å². The summed E-state index contributed by atoms with van der Waals surface area (Å²) in [5, 5.41) is 0. The van der Waals surface area contributed by atoms with Crippen LogP contribution in [0.5, 0.6) is 0 Å². The average Bonchev–Trinajstić information content (AvgIpc) is 2.57. The summed E-state index contributed by atoms with van der Waals surface area (Å²) in [6.07, 6.45) is 2.90. The summed E-state index contributed by atoms with van der Waals surface area (Å²) in [6.45, 7) is 0.240. The minimum absolute atomic E-state index is 0.204. The van der Waals surface area contributed by atoms with Crippen LogP contribution in [0.25, 0.3) is 6.08 Å². The molecule has 132 valence electrons. The Hall–Kier alpha value is -1.47. The van der Waals surface area contributed by atoms with Crippen molar-refractivity contribution in [3.05, 3.63) is 75.8 Å². The molecule has 0 N–H and O–H groups in total. The first-order valence-electron chi connectivity index (χ1n) is 7.91. The lowest BCUT2D eigenvalue weighted by Gasteiger charge is -2.31. The van der Waals surface area contributed by atoms with E-state index in [2.05, 4.69) is 15.9 Å². The molecule has 2 atom stereocenters. The van der Waals surface area contributed by atoms with Crippen LogP contribution in [0.1, 0.15) is 23.7 Å². The smallest absolute Gasteiger partial charge is 0.264 e. The second kappa shape index (κ2) is 7.83. The van der Waals surface area contributed by atoms with Crippen LogP contribution in [0, 0.1) is 0 Å². The molecule has 1 fully saturated rings. The molecule has 0 aromatic heterocycles. The highest BCUT2D eigenvalue weighted by molar-refractivity contribution is 9.10. The lowest BCUT2D eigenvalue weighted by atomic mass is 9.92. The molecular weight excluding hydrogens is 404 g/mol. The van der Waals surface area contributed by atoms with Gasteiger partial charge in [-0.3, -0.25) is 4.18 Å². The van der Waals surface area contributed by atoms with Crippen LogP contribution in [0.15, 0.2) is 64.6 Å². The second-order valence-corrected chi connectivity index (χ2v) is 8.54. The van der Waals surface area contributed by atoms with Crippen LogP contribution >= 0.6 is 15.9 Å². The van der Waals surface area contributed by atoms with Crippen molar-refractivity contribution in [2.24, 2.45) is 0 Å². The summed E-state index contributed by atoms with van der Waals surface area (Å²) < 4.78 is 35.0. The standard InChI is InChI=1S/C19H19BrO4S/c1-25(21,22)24-18-12-16(11-14-7-9-17(20)10-8-14)19(23-13-18)15-5-3-2-4-6-15/h2-11,18-19H,12-13H2,1H3/b16-11+/t18-,19+/m0/s1. The van der Waals surface area contributed by atoms with Crippen molar-refractivity contribution >= 4 is 32.1 Å². The van der Waals surface area contributed by atoms with Crippen LogP contribution in [0.2, 0.25) is 0 Å². The van der Waals surface area contributed by atoms with E-state index in [4.69, 9.17) is 8.92 Å². The summed E-state index contributed by atoms with van der Waals surface area (Å²) in [4.78, 5) is 0. The highest BCUT2D eigenvalue weighted by Gasteiger charge is 2.30. The molecule has 1 saturated heterocycles. The van der Waals surface area contributed by atoms with E-state index in [1.54, 1.807) is 0 Å². The maximum atomic E-state index is 11.5. The minimum atomic E-state index is -3.52. The quantitative estimate of drug-likeness (QED) is 0.687. The monoisotopic (exact) mass is 422 g/mol. The van der Waals surface area contributed by atoms with Gasteiger partial charge >= 0.3 is 0 Å². The molecule has 4 nitrogen and oxygen atoms in total. The Kier molecular flexibility index (Phi) is 5.74. The number of benzene rings is 2. The van der Waals surface area contributed by atoms with Gasteiger partial charge in [-0.05, 0) is 28.8 Å². The first-order chi connectivity index (χ1) is 11.9. The van der Waals surface area contributed by atoms with Gasteiger partial charge in [-0.25, -0.2) is 0 Å². The number of rotatable bonds is 4. The third-order valence-electron chi connectivity index (χ3n) is 3.88. The van der Waals surface area contributed by atoms with Gasteiger partial charge in [0.25, 0.3) is 10.1 Å². The molecule has 0 aliphatic carbocycles. The molecule has 2 aromatic carbocycles. The van der Waals surface area contributed by atoms with Crippen LogP contribution in [0.3, 0.4) is 0 Å². The molecule has 2 aromatic rings. The number of ether oxygens (including phenoxy) is 1. The molecule has 0 amide bonds. The molecule has 1 aliphatic rings. The highest BCUT2D eigenvalue weighted by Crippen LogP contribution is 2.35. The Bertz CT molecular complexity index is 845. The largest absolute Gasteiger partial charge is 0.366 e. The van der Waals surface area contributed by atoms with Gasteiger partial charge in [0.15, 0.2) is 0 Å². The summed E-state index contributed by atoms with van der Waals surface area (Å²) in [5.74, 6) is 0. The summed E-state index contributed by atoms with van der Waals surface area (Å²) in [6, 6.07) is 17.9. The van der Waals surface area contributed by atoms with E-state index in [1.807, 2.05) is 60.7 Å². The lowest BCUT2D eigenvalue weighted by Crippen LogP contribution is -2.31. The third-order valence-corrected chi connectivity index (χ3v) is 5.03. The molecule has 3 rings (SSSR count). The van der Waals surface area contributed by atoms with Crippen molar-refractivity contribution in [1.29, 1.82) is 0 Å². The third kappa shape index (κ3) is 5.25. The van der Waals surface area contributed by atoms with E-state index in [1.165, 1.54) is 0 Å². The predicted octanol–water partition coefficient (Wildman–Crippen LogP) is 4.34. The fourth-order valence-electron chi connectivity index (χ4n) is 2.89. The zero-order valence-electron chi connectivity index (χ0n) is 13.8. The van der Waals surface area contributed by atoms with Crippen molar-refractivity contribution < 1.29 is 17.3 Å².